The first-order valence-corrected chi connectivity index (χ1v) is 10.7. The third-order valence-electron chi connectivity index (χ3n) is 7.43. The van der Waals surface area contributed by atoms with Crippen molar-refractivity contribution in [1.29, 1.82) is 0 Å². The lowest BCUT2D eigenvalue weighted by molar-refractivity contribution is -0.123. The molecular weight excluding hydrogens is 346 g/mol. The van der Waals surface area contributed by atoms with Gasteiger partial charge in [-0.05, 0) is 60.1 Å². The van der Waals surface area contributed by atoms with E-state index >= 15 is 0 Å². The molecule has 2 amide bonds. The zero-order valence-electron chi connectivity index (χ0n) is 16.6. The zero-order chi connectivity index (χ0) is 19.4. The molecule has 0 aromatic heterocycles. The summed E-state index contributed by atoms with van der Waals surface area (Å²) in [5.41, 5.74) is 4.42. The Kier molecular flexibility index (Phi) is 4.15. The van der Waals surface area contributed by atoms with Crippen LogP contribution in [0, 0.1) is 23.7 Å². The van der Waals surface area contributed by atoms with Gasteiger partial charge in [-0.15, -0.1) is 0 Å². The van der Waals surface area contributed by atoms with Crippen molar-refractivity contribution in [2.75, 3.05) is 4.90 Å². The van der Waals surface area contributed by atoms with Crippen molar-refractivity contribution in [3.8, 4) is 0 Å². The molecule has 3 nitrogen and oxygen atoms in total. The van der Waals surface area contributed by atoms with Crippen LogP contribution < -0.4 is 4.90 Å². The molecule has 2 bridgehead atoms. The molecule has 0 spiro atoms. The summed E-state index contributed by atoms with van der Waals surface area (Å²) in [5.74, 6) is 0.941. The van der Waals surface area contributed by atoms with Gasteiger partial charge in [-0.3, -0.25) is 9.59 Å². The molecule has 3 aliphatic rings. The number of para-hydroxylation sites is 1. The highest BCUT2D eigenvalue weighted by molar-refractivity contribution is 6.23. The highest BCUT2D eigenvalue weighted by Crippen LogP contribution is 2.62. The average molecular weight is 373 g/mol. The number of fused-ring (bicyclic) bond motifs is 5. The van der Waals surface area contributed by atoms with E-state index in [1.165, 1.54) is 5.56 Å². The van der Waals surface area contributed by atoms with Gasteiger partial charge in [0.2, 0.25) is 11.8 Å². The highest BCUT2D eigenvalue weighted by Gasteiger charge is 2.64. The molecule has 2 aromatic rings. The molecule has 5 rings (SSSR count). The van der Waals surface area contributed by atoms with Gasteiger partial charge in [0.15, 0.2) is 0 Å². The van der Waals surface area contributed by atoms with Crippen LogP contribution in [0.2, 0.25) is 0 Å². The maximum Gasteiger partial charge on any atom is 0.238 e. The molecule has 0 radical (unpaired) electrons. The number of hydrogen-bond acceptors (Lipinski definition) is 2. The maximum atomic E-state index is 13.6. The van der Waals surface area contributed by atoms with Crippen LogP contribution in [0.25, 0.3) is 0 Å². The molecule has 2 aliphatic carbocycles. The average Bonchev–Trinajstić information content (AvgIpc) is 3.39. The van der Waals surface area contributed by atoms with Gasteiger partial charge in [0, 0.05) is 0 Å². The predicted octanol–water partition coefficient (Wildman–Crippen LogP) is 4.74. The van der Waals surface area contributed by atoms with Crippen molar-refractivity contribution in [3.05, 3.63) is 65.2 Å². The van der Waals surface area contributed by atoms with Crippen molar-refractivity contribution >= 4 is 17.5 Å². The second-order valence-electron chi connectivity index (χ2n) is 8.61. The third kappa shape index (κ3) is 2.35. The van der Waals surface area contributed by atoms with Crippen LogP contribution in [0.3, 0.4) is 0 Å². The van der Waals surface area contributed by atoms with Gasteiger partial charge in [-0.2, -0.15) is 0 Å². The molecular formula is C25H27NO2. The fraction of sp³-hybridized carbons (Fsp3) is 0.440. The summed E-state index contributed by atoms with van der Waals surface area (Å²) < 4.78 is 0. The van der Waals surface area contributed by atoms with E-state index in [0.717, 1.165) is 42.5 Å². The Balaban J connectivity index is 1.54. The van der Waals surface area contributed by atoms with Crippen molar-refractivity contribution in [1.82, 2.24) is 0 Å². The molecule has 3 heteroatoms. The lowest BCUT2D eigenvalue weighted by Gasteiger charge is -2.28. The summed E-state index contributed by atoms with van der Waals surface area (Å²) in [6.07, 6.45) is 3.72. The number of benzene rings is 2. The maximum absolute atomic E-state index is 13.6. The Labute approximate surface area is 166 Å². The number of carbonyl (C=O) groups excluding carboxylic acids is 2. The first-order valence-electron chi connectivity index (χ1n) is 10.7. The Morgan fingerprint density at radius 3 is 2.11 bits per heavy atom. The lowest BCUT2D eigenvalue weighted by atomic mass is 9.73. The van der Waals surface area contributed by atoms with E-state index in [2.05, 4.69) is 50.2 Å². The largest absolute Gasteiger partial charge is 0.274 e. The van der Waals surface area contributed by atoms with Crippen LogP contribution in [-0.2, 0) is 22.4 Å². The lowest BCUT2D eigenvalue weighted by Crippen LogP contribution is -2.34. The minimum Gasteiger partial charge on any atom is -0.274 e. The number of rotatable bonds is 4. The fourth-order valence-corrected chi connectivity index (χ4v) is 6.27. The Morgan fingerprint density at radius 1 is 0.821 bits per heavy atom. The van der Waals surface area contributed by atoms with E-state index in [1.54, 1.807) is 4.90 Å². The normalized spacial score (nSPS) is 30.9. The second-order valence-corrected chi connectivity index (χ2v) is 8.61. The van der Waals surface area contributed by atoms with Gasteiger partial charge in [-0.1, -0.05) is 62.4 Å². The molecule has 2 aromatic carbocycles. The van der Waals surface area contributed by atoms with Crippen molar-refractivity contribution in [2.24, 2.45) is 23.7 Å². The van der Waals surface area contributed by atoms with Crippen LogP contribution >= 0.6 is 0 Å². The summed E-state index contributed by atoms with van der Waals surface area (Å²) in [5, 5.41) is 0. The number of hydrogen-bond donors (Lipinski definition) is 0. The Morgan fingerprint density at radius 2 is 1.46 bits per heavy atom. The third-order valence-corrected chi connectivity index (χ3v) is 7.43. The second kappa shape index (κ2) is 6.58. The summed E-state index contributed by atoms with van der Waals surface area (Å²) >= 11 is 0. The van der Waals surface area contributed by atoms with Crippen LogP contribution in [0.5, 0.6) is 0 Å². The van der Waals surface area contributed by atoms with Gasteiger partial charge in [0.1, 0.15) is 0 Å². The number of carbonyl (C=O) groups is 2. The van der Waals surface area contributed by atoms with E-state index in [4.69, 9.17) is 0 Å². The monoisotopic (exact) mass is 373 g/mol. The fourth-order valence-electron chi connectivity index (χ4n) is 6.27. The number of amides is 2. The molecule has 1 heterocycles. The van der Waals surface area contributed by atoms with Crippen molar-refractivity contribution < 1.29 is 9.59 Å². The summed E-state index contributed by atoms with van der Waals surface area (Å²) in [6, 6.07) is 16.7. The zero-order valence-corrected chi connectivity index (χ0v) is 16.6. The first kappa shape index (κ1) is 17.7. The van der Waals surface area contributed by atoms with E-state index in [0.29, 0.717) is 17.8 Å². The molecule has 1 saturated heterocycles. The molecule has 0 N–H and O–H groups in total. The molecule has 3 fully saturated rings. The predicted molar refractivity (Wildman–Crippen MR) is 110 cm³/mol. The van der Waals surface area contributed by atoms with Crippen molar-refractivity contribution in [2.45, 2.75) is 45.4 Å². The van der Waals surface area contributed by atoms with E-state index in [1.807, 2.05) is 12.1 Å². The first-order chi connectivity index (χ1) is 13.7. The SMILES string of the molecule is CCc1cccc(CC)c1N1C(=O)C2C3CC(c4ccccc4)C(C3)C2C1=O. The van der Waals surface area contributed by atoms with Gasteiger partial charge < -0.3 is 0 Å². The number of nitrogens with zero attached hydrogens (tertiary/aromatic N) is 1. The molecule has 1 aliphatic heterocycles. The van der Waals surface area contributed by atoms with Gasteiger partial charge >= 0.3 is 0 Å². The minimum absolute atomic E-state index is 0.0544. The van der Waals surface area contributed by atoms with Crippen molar-refractivity contribution in [3.63, 3.8) is 0 Å². The van der Waals surface area contributed by atoms with Gasteiger partial charge in [0.25, 0.3) is 0 Å². The van der Waals surface area contributed by atoms with E-state index in [-0.39, 0.29) is 23.7 Å². The standard InChI is InChI=1S/C25H27NO2/c1-3-15-11-8-12-16(4-2)23(15)26-24(27)21-18-13-19(17-9-6-5-7-10-17)20(14-18)22(21)25(26)28/h5-12,18-22H,3-4,13-14H2,1-2H3. The minimum atomic E-state index is -0.133. The molecule has 28 heavy (non-hydrogen) atoms. The van der Waals surface area contributed by atoms with Gasteiger partial charge in [0.05, 0.1) is 17.5 Å². The quantitative estimate of drug-likeness (QED) is 0.726. The van der Waals surface area contributed by atoms with Crippen LogP contribution in [0.4, 0.5) is 5.69 Å². The molecule has 144 valence electrons. The highest BCUT2D eigenvalue weighted by atomic mass is 16.2. The number of imide groups is 1. The summed E-state index contributed by atoms with van der Waals surface area (Å²) in [4.78, 5) is 28.7. The summed E-state index contributed by atoms with van der Waals surface area (Å²) in [6.45, 7) is 4.19. The smallest absolute Gasteiger partial charge is 0.238 e. The van der Waals surface area contributed by atoms with Crippen LogP contribution in [0.15, 0.2) is 48.5 Å². The van der Waals surface area contributed by atoms with E-state index in [9.17, 15) is 9.59 Å². The molecule has 2 saturated carbocycles. The topological polar surface area (TPSA) is 37.4 Å². The van der Waals surface area contributed by atoms with Gasteiger partial charge in [-0.25, -0.2) is 4.90 Å². The Bertz CT molecular complexity index is 913. The molecule has 5 atom stereocenters. The van der Waals surface area contributed by atoms with E-state index < -0.39 is 0 Å². The summed E-state index contributed by atoms with van der Waals surface area (Å²) in [7, 11) is 0. The van der Waals surface area contributed by atoms with Crippen LogP contribution in [-0.4, -0.2) is 11.8 Å². The number of aryl methyl sites for hydroxylation is 2. The van der Waals surface area contributed by atoms with Crippen LogP contribution in [0.1, 0.15) is 49.3 Å². The Hall–Kier alpha value is -2.42. The molecule has 5 unspecified atom stereocenters. The number of anilines is 1.